The van der Waals surface area contributed by atoms with Crippen molar-refractivity contribution in [1.82, 2.24) is 14.7 Å². The number of rotatable bonds is 3. The Hall–Kier alpha value is -1.40. The van der Waals surface area contributed by atoms with Crippen molar-refractivity contribution in [3.8, 4) is 0 Å². The van der Waals surface area contributed by atoms with Crippen LogP contribution in [0.4, 0.5) is 0 Å². The molecule has 6 nitrogen and oxygen atoms in total. The summed E-state index contributed by atoms with van der Waals surface area (Å²) in [7, 11) is 1.77. The zero-order chi connectivity index (χ0) is 12.4. The zero-order valence-corrected chi connectivity index (χ0v) is 9.96. The van der Waals surface area contributed by atoms with E-state index in [2.05, 4.69) is 10.00 Å². The standard InChI is InChI=1S/C11H18N4O2/c1-14-10(9(5-13-14)11(16)17)7-15-4-2-3-8(12)6-15/h5,8H,2-4,6-7,12H2,1H3,(H,16,17)/t8-/m1/s1. The van der Waals surface area contributed by atoms with E-state index in [9.17, 15) is 4.79 Å². The van der Waals surface area contributed by atoms with Crippen molar-refractivity contribution < 1.29 is 9.90 Å². The van der Waals surface area contributed by atoms with E-state index in [-0.39, 0.29) is 11.6 Å². The molecule has 2 heterocycles. The molecule has 1 aliphatic rings. The molecule has 0 aliphatic carbocycles. The van der Waals surface area contributed by atoms with Crippen LogP contribution in [0, 0.1) is 0 Å². The lowest BCUT2D eigenvalue weighted by Gasteiger charge is -2.30. The summed E-state index contributed by atoms with van der Waals surface area (Å²) >= 11 is 0. The van der Waals surface area contributed by atoms with Gasteiger partial charge >= 0.3 is 5.97 Å². The van der Waals surface area contributed by atoms with Crippen LogP contribution in [0.1, 0.15) is 28.9 Å². The van der Waals surface area contributed by atoms with Crippen LogP contribution in [0.3, 0.4) is 0 Å². The second-order valence-electron chi connectivity index (χ2n) is 4.57. The minimum atomic E-state index is -0.922. The number of carboxylic acid groups (broad SMARTS) is 1. The molecule has 0 amide bonds. The molecule has 3 N–H and O–H groups in total. The maximum Gasteiger partial charge on any atom is 0.339 e. The molecule has 0 aromatic carbocycles. The van der Waals surface area contributed by atoms with E-state index in [1.165, 1.54) is 6.20 Å². The minimum absolute atomic E-state index is 0.199. The molecule has 2 rings (SSSR count). The lowest BCUT2D eigenvalue weighted by atomic mass is 10.1. The number of aryl methyl sites for hydroxylation is 1. The van der Waals surface area contributed by atoms with Gasteiger partial charge in [-0.05, 0) is 19.4 Å². The van der Waals surface area contributed by atoms with E-state index in [1.807, 2.05) is 0 Å². The third-order valence-corrected chi connectivity index (χ3v) is 3.21. The normalized spacial score (nSPS) is 21.6. The number of carbonyl (C=O) groups is 1. The molecule has 1 saturated heterocycles. The molecular formula is C11H18N4O2. The van der Waals surface area contributed by atoms with Gasteiger partial charge in [0.25, 0.3) is 0 Å². The van der Waals surface area contributed by atoms with E-state index < -0.39 is 5.97 Å². The molecule has 1 aromatic heterocycles. The van der Waals surface area contributed by atoms with Crippen LogP contribution >= 0.6 is 0 Å². The van der Waals surface area contributed by atoms with Crippen molar-refractivity contribution in [3.63, 3.8) is 0 Å². The molecule has 1 fully saturated rings. The minimum Gasteiger partial charge on any atom is -0.478 e. The largest absolute Gasteiger partial charge is 0.478 e. The van der Waals surface area contributed by atoms with Gasteiger partial charge in [-0.3, -0.25) is 9.58 Å². The molecule has 0 spiro atoms. The molecule has 1 atom stereocenters. The SMILES string of the molecule is Cn1ncc(C(=O)O)c1CN1CCC[C@@H](N)C1. The van der Waals surface area contributed by atoms with Crippen LogP contribution in [0.15, 0.2) is 6.20 Å². The van der Waals surface area contributed by atoms with E-state index in [0.29, 0.717) is 6.54 Å². The number of hydrogen-bond donors (Lipinski definition) is 2. The van der Waals surface area contributed by atoms with Gasteiger partial charge in [-0.2, -0.15) is 5.10 Å². The summed E-state index contributed by atoms with van der Waals surface area (Å²) in [6.45, 7) is 2.40. The zero-order valence-electron chi connectivity index (χ0n) is 9.96. The van der Waals surface area contributed by atoms with Gasteiger partial charge in [0, 0.05) is 26.2 Å². The van der Waals surface area contributed by atoms with Crippen LogP contribution in [0.2, 0.25) is 0 Å². The highest BCUT2D eigenvalue weighted by Gasteiger charge is 2.21. The molecular weight excluding hydrogens is 220 g/mol. The average molecular weight is 238 g/mol. The Kier molecular flexibility index (Phi) is 3.44. The van der Waals surface area contributed by atoms with Crippen LogP contribution in [-0.4, -0.2) is 44.9 Å². The van der Waals surface area contributed by atoms with Crippen molar-refractivity contribution in [2.24, 2.45) is 12.8 Å². The maximum atomic E-state index is 11.0. The highest BCUT2D eigenvalue weighted by molar-refractivity contribution is 5.88. The molecule has 6 heteroatoms. The fourth-order valence-electron chi connectivity index (χ4n) is 2.28. The Morgan fingerprint density at radius 3 is 3.12 bits per heavy atom. The monoisotopic (exact) mass is 238 g/mol. The van der Waals surface area contributed by atoms with Crippen LogP contribution in [0.25, 0.3) is 0 Å². The van der Waals surface area contributed by atoms with Crippen LogP contribution in [0.5, 0.6) is 0 Å². The van der Waals surface area contributed by atoms with Crippen LogP contribution in [-0.2, 0) is 13.6 Å². The van der Waals surface area contributed by atoms with Crippen molar-refractivity contribution in [2.75, 3.05) is 13.1 Å². The summed E-state index contributed by atoms with van der Waals surface area (Å²) < 4.78 is 1.63. The molecule has 0 unspecified atom stereocenters. The van der Waals surface area contributed by atoms with Crippen molar-refractivity contribution in [3.05, 3.63) is 17.5 Å². The lowest BCUT2D eigenvalue weighted by molar-refractivity contribution is 0.0693. The van der Waals surface area contributed by atoms with Gasteiger partial charge in [0.2, 0.25) is 0 Å². The molecule has 1 aliphatic heterocycles. The highest BCUT2D eigenvalue weighted by atomic mass is 16.4. The first-order chi connectivity index (χ1) is 8.08. The topological polar surface area (TPSA) is 84.4 Å². The first-order valence-electron chi connectivity index (χ1n) is 5.80. The number of carboxylic acids is 1. The van der Waals surface area contributed by atoms with Gasteiger partial charge in [-0.1, -0.05) is 0 Å². The Morgan fingerprint density at radius 1 is 1.71 bits per heavy atom. The Balaban J connectivity index is 2.12. The summed E-state index contributed by atoms with van der Waals surface area (Å²) in [5.74, 6) is -0.922. The van der Waals surface area contributed by atoms with Gasteiger partial charge in [0.1, 0.15) is 5.56 Å². The summed E-state index contributed by atoms with van der Waals surface area (Å²) in [6.07, 6.45) is 3.52. The summed E-state index contributed by atoms with van der Waals surface area (Å²) in [5, 5.41) is 13.1. The number of likely N-dealkylation sites (tertiary alicyclic amines) is 1. The number of aromatic nitrogens is 2. The first kappa shape index (κ1) is 12.1. The summed E-state index contributed by atoms with van der Waals surface area (Å²) in [4.78, 5) is 13.2. The van der Waals surface area contributed by atoms with Gasteiger partial charge in [-0.25, -0.2) is 4.79 Å². The lowest BCUT2D eigenvalue weighted by Crippen LogP contribution is -2.42. The fraction of sp³-hybridized carbons (Fsp3) is 0.636. The molecule has 1 aromatic rings. The van der Waals surface area contributed by atoms with E-state index >= 15 is 0 Å². The second kappa shape index (κ2) is 4.85. The highest BCUT2D eigenvalue weighted by Crippen LogP contribution is 2.15. The predicted molar refractivity (Wildman–Crippen MR) is 62.7 cm³/mol. The third-order valence-electron chi connectivity index (χ3n) is 3.21. The van der Waals surface area contributed by atoms with Gasteiger partial charge in [-0.15, -0.1) is 0 Å². The predicted octanol–water partition coefficient (Wildman–Crippen LogP) is 0.0414. The second-order valence-corrected chi connectivity index (χ2v) is 4.57. The van der Waals surface area contributed by atoms with Crippen molar-refractivity contribution in [1.29, 1.82) is 0 Å². The number of hydrogen-bond acceptors (Lipinski definition) is 4. The molecule has 17 heavy (non-hydrogen) atoms. The Labute approximate surface area is 100 Å². The van der Waals surface area contributed by atoms with Crippen LogP contribution < -0.4 is 5.73 Å². The maximum absolute atomic E-state index is 11.0. The van der Waals surface area contributed by atoms with Crippen molar-refractivity contribution in [2.45, 2.75) is 25.4 Å². The Bertz CT molecular complexity index is 416. The Morgan fingerprint density at radius 2 is 2.47 bits per heavy atom. The van der Waals surface area contributed by atoms with E-state index in [1.54, 1.807) is 11.7 Å². The van der Waals surface area contributed by atoms with Gasteiger partial charge in [0.05, 0.1) is 11.9 Å². The summed E-state index contributed by atoms with van der Waals surface area (Å²) in [5.41, 5.74) is 6.94. The number of aromatic carboxylic acids is 1. The molecule has 0 saturated carbocycles. The smallest absolute Gasteiger partial charge is 0.339 e. The van der Waals surface area contributed by atoms with E-state index in [4.69, 9.17) is 10.8 Å². The number of piperidine rings is 1. The number of nitrogens with zero attached hydrogens (tertiary/aromatic N) is 3. The molecule has 0 bridgehead atoms. The van der Waals surface area contributed by atoms with Gasteiger partial charge in [0.15, 0.2) is 0 Å². The first-order valence-corrected chi connectivity index (χ1v) is 5.80. The molecule has 94 valence electrons. The number of nitrogens with two attached hydrogens (primary N) is 1. The molecule has 0 radical (unpaired) electrons. The van der Waals surface area contributed by atoms with E-state index in [0.717, 1.165) is 31.6 Å². The quantitative estimate of drug-likeness (QED) is 0.776. The summed E-state index contributed by atoms with van der Waals surface area (Å²) in [6, 6.07) is 0.199. The third kappa shape index (κ3) is 2.65. The van der Waals surface area contributed by atoms with Gasteiger partial charge < -0.3 is 10.8 Å². The fourth-order valence-corrected chi connectivity index (χ4v) is 2.28. The average Bonchev–Trinajstić information content (AvgIpc) is 2.61. The van der Waals surface area contributed by atoms with Crippen molar-refractivity contribution >= 4 is 5.97 Å².